The number of nitrogens with zero attached hydrogens (tertiary/aromatic N) is 1. The zero-order valence-corrected chi connectivity index (χ0v) is 12.7. The van der Waals surface area contributed by atoms with Crippen LogP contribution in [0.3, 0.4) is 0 Å². The largest absolute Gasteiger partial charge is 0.396 e. The number of nitrogens with two attached hydrogens (primary N) is 1. The highest BCUT2D eigenvalue weighted by atomic mass is 15.1. The number of hydrogen-bond donors (Lipinski definition) is 3. The van der Waals surface area contributed by atoms with E-state index in [-0.39, 0.29) is 11.1 Å². The molecule has 0 amide bonds. The molecule has 4 nitrogen and oxygen atoms in total. The van der Waals surface area contributed by atoms with Gasteiger partial charge in [-0.3, -0.25) is 0 Å². The first-order valence-electron chi connectivity index (χ1n) is 6.95. The summed E-state index contributed by atoms with van der Waals surface area (Å²) in [6.07, 6.45) is 3.93. The molecule has 1 fully saturated rings. The van der Waals surface area contributed by atoms with Gasteiger partial charge in [0.15, 0.2) is 0 Å². The summed E-state index contributed by atoms with van der Waals surface area (Å²) >= 11 is 0. The maximum absolute atomic E-state index is 6.09. The van der Waals surface area contributed by atoms with Gasteiger partial charge in [-0.05, 0) is 59.1 Å². The average molecular weight is 262 g/mol. The van der Waals surface area contributed by atoms with Crippen LogP contribution >= 0.6 is 0 Å². The molecule has 0 aromatic carbocycles. The number of piperidine rings is 1. The summed E-state index contributed by atoms with van der Waals surface area (Å²) in [4.78, 5) is 4.37. The molecule has 0 bridgehead atoms. The van der Waals surface area contributed by atoms with Crippen molar-refractivity contribution in [3.8, 4) is 0 Å². The third kappa shape index (κ3) is 3.38. The van der Waals surface area contributed by atoms with Crippen LogP contribution in [0.1, 0.15) is 46.1 Å². The highest BCUT2D eigenvalue weighted by molar-refractivity contribution is 5.65. The molecule has 1 aliphatic rings. The van der Waals surface area contributed by atoms with Crippen molar-refractivity contribution in [3.05, 3.63) is 17.8 Å². The van der Waals surface area contributed by atoms with Crippen molar-refractivity contribution in [2.75, 3.05) is 11.1 Å². The summed E-state index contributed by atoms with van der Waals surface area (Å²) in [7, 11) is 0. The molecule has 19 heavy (non-hydrogen) atoms. The first-order chi connectivity index (χ1) is 8.69. The molecule has 0 radical (unpaired) electrons. The summed E-state index contributed by atoms with van der Waals surface area (Å²) in [5.41, 5.74) is 8.18. The topological polar surface area (TPSA) is 63.0 Å². The fraction of sp³-hybridized carbons (Fsp3) is 0.667. The van der Waals surface area contributed by atoms with E-state index in [0.29, 0.717) is 6.04 Å². The van der Waals surface area contributed by atoms with E-state index in [0.717, 1.165) is 29.9 Å². The molecule has 0 spiro atoms. The van der Waals surface area contributed by atoms with Gasteiger partial charge in [-0.2, -0.15) is 0 Å². The van der Waals surface area contributed by atoms with Crippen molar-refractivity contribution < 1.29 is 0 Å². The number of aryl methyl sites for hydroxylation is 1. The lowest BCUT2D eigenvalue weighted by molar-refractivity contribution is 0.170. The molecule has 106 valence electrons. The van der Waals surface area contributed by atoms with Crippen LogP contribution in [0.2, 0.25) is 0 Å². The van der Waals surface area contributed by atoms with Crippen LogP contribution < -0.4 is 16.4 Å². The smallest absolute Gasteiger partial charge is 0.149 e. The quantitative estimate of drug-likeness (QED) is 0.767. The number of rotatable bonds is 2. The van der Waals surface area contributed by atoms with E-state index >= 15 is 0 Å². The van der Waals surface area contributed by atoms with Gasteiger partial charge in [0.2, 0.25) is 0 Å². The van der Waals surface area contributed by atoms with Crippen molar-refractivity contribution in [1.29, 1.82) is 0 Å². The van der Waals surface area contributed by atoms with Crippen molar-refractivity contribution in [3.63, 3.8) is 0 Å². The molecule has 4 heteroatoms. The Morgan fingerprint density at radius 3 is 2.42 bits per heavy atom. The second kappa shape index (κ2) is 4.67. The Labute approximate surface area is 116 Å². The first-order valence-corrected chi connectivity index (χ1v) is 6.95. The zero-order chi connectivity index (χ0) is 14.3. The van der Waals surface area contributed by atoms with Crippen molar-refractivity contribution in [1.82, 2.24) is 10.3 Å². The van der Waals surface area contributed by atoms with Gasteiger partial charge in [0, 0.05) is 23.3 Å². The van der Waals surface area contributed by atoms with Crippen LogP contribution in [0, 0.1) is 6.92 Å². The first kappa shape index (κ1) is 14.1. The van der Waals surface area contributed by atoms with Crippen LogP contribution in [0.25, 0.3) is 0 Å². The van der Waals surface area contributed by atoms with E-state index in [9.17, 15) is 0 Å². The fourth-order valence-corrected chi connectivity index (χ4v) is 3.30. The van der Waals surface area contributed by atoms with Crippen LogP contribution in [0.15, 0.2) is 12.3 Å². The number of hydrogen-bond acceptors (Lipinski definition) is 4. The molecule has 2 rings (SSSR count). The lowest BCUT2D eigenvalue weighted by Crippen LogP contribution is -2.60. The Morgan fingerprint density at radius 1 is 1.26 bits per heavy atom. The Kier molecular flexibility index (Phi) is 3.47. The fourth-order valence-electron chi connectivity index (χ4n) is 3.30. The lowest BCUT2D eigenvalue weighted by Gasteiger charge is -2.46. The zero-order valence-electron chi connectivity index (χ0n) is 12.7. The standard InChI is InChI=1S/C15H26N4/c1-10-6-7-17-13(12(10)16)18-11-8-14(2,3)19-15(4,5)9-11/h6-7,11,19H,8-9,16H2,1-5H3,(H,17,18). The van der Waals surface area contributed by atoms with E-state index in [4.69, 9.17) is 5.73 Å². The summed E-state index contributed by atoms with van der Waals surface area (Å²) in [5.74, 6) is 0.818. The molecule has 0 unspecified atom stereocenters. The Bertz CT molecular complexity index is 449. The predicted molar refractivity (Wildman–Crippen MR) is 81.3 cm³/mol. The summed E-state index contributed by atoms with van der Waals surface area (Å²) in [6, 6.07) is 2.33. The van der Waals surface area contributed by atoms with E-state index in [1.165, 1.54) is 0 Å². The van der Waals surface area contributed by atoms with Crippen molar-refractivity contribution in [2.24, 2.45) is 0 Å². The lowest BCUT2D eigenvalue weighted by atomic mass is 9.79. The predicted octanol–water partition coefficient (Wildman–Crippen LogP) is 2.69. The van der Waals surface area contributed by atoms with Crippen molar-refractivity contribution in [2.45, 2.75) is 64.6 Å². The number of nitrogen functional groups attached to an aromatic ring is 1. The summed E-state index contributed by atoms with van der Waals surface area (Å²) in [6.45, 7) is 11.0. The van der Waals surface area contributed by atoms with E-state index in [1.807, 2.05) is 19.2 Å². The van der Waals surface area contributed by atoms with Gasteiger partial charge in [-0.15, -0.1) is 0 Å². The minimum atomic E-state index is 0.123. The van der Waals surface area contributed by atoms with Gasteiger partial charge in [-0.25, -0.2) is 4.98 Å². The second-order valence-corrected chi connectivity index (χ2v) is 7.03. The molecule has 1 aliphatic heterocycles. The Balaban J connectivity index is 2.16. The van der Waals surface area contributed by atoms with Crippen molar-refractivity contribution >= 4 is 11.5 Å². The minimum Gasteiger partial charge on any atom is -0.396 e. The maximum atomic E-state index is 6.09. The molecule has 0 aliphatic carbocycles. The van der Waals surface area contributed by atoms with Crippen LogP contribution in [-0.4, -0.2) is 22.1 Å². The normalized spacial score (nSPS) is 22.2. The summed E-state index contributed by atoms with van der Waals surface area (Å²) < 4.78 is 0. The number of aromatic nitrogens is 1. The van der Waals surface area contributed by atoms with E-state index in [1.54, 1.807) is 0 Å². The third-order valence-electron chi connectivity index (χ3n) is 3.74. The minimum absolute atomic E-state index is 0.123. The number of nitrogens with one attached hydrogen (secondary N) is 2. The maximum Gasteiger partial charge on any atom is 0.149 e. The molecule has 0 atom stereocenters. The third-order valence-corrected chi connectivity index (χ3v) is 3.74. The van der Waals surface area contributed by atoms with Gasteiger partial charge < -0.3 is 16.4 Å². The molecule has 1 saturated heterocycles. The molecule has 0 saturated carbocycles. The van der Waals surface area contributed by atoms with Gasteiger partial charge >= 0.3 is 0 Å². The monoisotopic (exact) mass is 262 g/mol. The Hall–Kier alpha value is -1.29. The molecular formula is C15H26N4. The molecule has 4 N–H and O–H groups in total. The molecule has 1 aromatic rings. The van der Waals surface area contributed by atoms with E-state index in [2.05, 4.69) is 43.3 Å². The van der Waals surface area contributed by atoms with Gasteiger partial charge in [0.05, 0.1) is 5.69 Å². The van der Waals surface area contributed by atoms with Crippen LogP contribution in [0.5, 0.6) is 0 Å². The molecule has 2 heterocycles. The SMILES string of the molecule is Cc1ccnc(NC2CC(C)(C)NC(C)(C)C2)c1N. The second-order valence-electron chi connectivity index (χ2n) is 7.03. The molecular weight excluding hydrogens is 236 g/mol. The number of pyridine rings is 1. The average Bonchev–Trinajstić information content (AvgIpc) is 2.20. The van der Waals surface area contributed by atoms with Gasteiger partial charge in [-0.1, -0.05) is 0 Å². The van der Waals surface area contributed by atoms with Crippen LogP contribution in [-0.2, 0) is 0 Å². The Morgan fingerprint density at radius 2 is 1.84 bits per heavy atom. The highest BCUT2D eigenvalue weighted by Gasteiger charge is 2.37. The number of anilines is 2. The van der Waals surface area contributed by atoms with Gasteiger partial charge in [0.25, 0.3) is 0 Å². The highest BCUT2D eigenvalue weighted by Crippen LogP contribution is 2.31. The summed E-state index contributed by atoms with van der Waals surface area (Å²) in [5, 5.41) is 7.21. The van der Waals surface area contributed by atoms with Gasteiger partial charge in [0.1, 0.15) is 5.82 Å². The van der Waals surface area contributed by atoms with E-state index < -0.39 is 0 Å². The van der Waals surface area contributed by atoms with Crippen LogP contribution in [0.4, 0.5) is 11.5 Å². The molecule has 1 aromatic heterocycles.